The molecule has 7 heteroatoms. The van der Waals surface area contributed by atoms with E-state index in [0.29, 0.717) is 16.9 Å². The molecule has 0 radical (unpaired) electrons. The number of rotatable bonds is 4. The molecule has 1 N–H and O–H groups in total. The molecule has 1 fully saturated rings. The second-order valence-corrected chi connectivity index (χ2v) is 6.77. The molecule has 5 nitrogen and oxygen atoms in total. The van der Waals surface area contributed by atoms with E-state index < -0.39 is 10.0 Å². The van der Waals surface area contributed by atoms with E-state index in [2.05, 4.69) is 10.3 Å². The number of hydrogen-bond donors (Lipinski definition) is 1. The van der Waals surface area contributed by atoms with Crippen molar-refractivity contribution >= 4 is 27.4 Å². The summed E-state index contributed by atoms with van der Waals surface area (Å²) in [5.74, 6) is 0.548. The number of hydrogen-bond acceptors (Lipinski definition) is 4. The van der Waals surface area contributed by atoms with Crippen LogP contribution in [0.4, 0.5) is 5.82 Å². The van der Waals surface area contributed by atoms with Crippen LogP contribution in [0, 0.1) is 0 Å². The number of halogens is 1. The Labute approximate surface area is 106 Å². The van der Waals surface area contributed by atoms with Crippen LogP contribution in [0.5, 0.6) is 0 Å². The van der Waals surface area contributed by atoms with Crippen molar-refractivity contribution in [2.45, 2.75) is 23.8 Å². The van der Waals surface area contributed by atoms with Crippen LogP contribution in [0.3, 0.4) is 0 Å². The van der Waals surface area contributed by atoms with Crippen molar-refractivity contribution in [2.75, 3.05) is 19.4 Å². The lowest BCUT2D eigenvalue weighted by molar-refractivity contribution is 0.520. The minimum Gasteiger partial charge on any atom is -0.366 e. The second-order valence-electron chi connectivity index (χ2n) is 4.21. The first-order chi connectivity index (χ1) is 7.91. The largest absolute Gasteiger partial charge is 0.366 e. The highest BCUT2D eigenvalue weighted by molar-refractivity contribution is 7.89. The topological polar surface area (TPSA) is 62.3 Å². The lowest BCUT2D eigenvalue weighted by Gasteiger charge is -2.12. The van der Waals surface area contributed by atoms with Gasteiger partial charge in [-0.25, -0.2) is 17.7 Å². The van der Waals surface area contributed by atoms with Gasteiger partial charge in [-0.15, -0.1) is 0 Å². The van der Waals surface area contributed by atoms with Gasteiger partial charge in [0.2, 0.25) is 10.0 Å². The van der Waals surface area contributed by atoms with E-state index >= 15 is 0 Å². The Bertz CT molecular complexity index is 526. The Morgan fingerprint density at radius 2 is 2.12 bits per heavy atom. The van der Waals surface area contributed by atoms with Gasteiger partial charge >= 0.3 is 0 Å². The van der Waals surface area contributed by atoms with Gasteiger partial charge in [0.05, 0.1) is 5.02 Å². The number of nitrogens with zero attached hydrogens (tertiary/aromatic N) is 2. The van der Waals surface area contributed by atoms with Crippen molar-refractivity contribution in [3.8, 4) is 0 Å². The van der Waals surface area contributed by atoms with Gasteiger partial charge in [0.1, 0.15) is 10.7 Å². The first-order valence-corrected chi connectivity index (χ1v) is 7.07. The molecule has 0 aromatic carbocycles. The molecule has 0 spiro atoms. The van der Waals surface area contributed by atoms with E-state index in [1.165, 1.54) is 26.4 Å². The molecule has 0 aliphatic heterocycles. The normalized spacial score (nSPS) is 16.2. The summed E-state index contributed by atoms with van der Waals surface area (Å²) in [5.41, 5.74) is 0. The van der Waals surface area contributed by atoms with Gasteiger partial charge < -0.3 is 5.32 Å². The summed E-state index contributed by atoms with van der Waals surface area (Å²) in [6.07, 6.45) is 3.54. The van der Waals surface area contributed by atoms with Crippen molar-refractivity contribution in [2.24, 2.45) is 0 Å². The SMILES string of the molecule is CN(C)S(=O)(=O)c1cnc(NC2CC2)c(Cl)c1. The summed E-state index contributed by atoms with van der Waals surface area (Å²) in [5, 5.41) is 3.47. The van der Waals surface area contributed by atoms with Crippen LogP contribution in [0.15, 0.2) is 17.2 Å². The Morgan fingerprint density at radius 3 is 2.59 bits per heavy atom. The van der Waals surface area contributed by atoms with Gasteiger partial charge in [-0.1, -0.05) is 11.6 Å². The molecular formula is C10H14ClN3O2S. The minimum absolute atomic E-state index is 0.105. The third-order valence-corrected chi connectivity index (χ3v) is 4.58. The van der Waals surface area contributed by atoms with Crippen LogP contribution in [0.2, 0.25) is 5.02 Å². The van der Waals surface area contributed by atoms with Crippen LogP contribution in [0.1, 0.15) is 12.8 Å². The first kappa shape index (κ1) is 12.6. The number of aromatic nitrogens is 1. The predicted molar refractivity (Wildman–Crippen MR) is 66.8 cm³/mol. The van der Waals surface area contributed by atoms with E-state index in [1.807, 2.05) is 0 Å². The fourth-order valence-electron chi connectivity index (χ4n) is 1.30. The highest BCUT2D eigenvalue weighted by Gasteiger charge is 2.24. The highest BCUT2D eigenvalue weighted by atomic mass is 35.5. The maximum atomic E-state index is 11.8. The average molecular weight is 276 g/mol. The molecule has 0 bridgehead atoms. The zero-order valence-corrected chi connectivity index (χ0v) is 11.2. The third-order valence-electron chi connectivity index (χ3n) is 2.51. The first-order valence-electron chi connectivity index (χ1n) is 5.26. The van der Waals surface area contributed by atoms with E-state index in [0.717, 1.165) is 17.1 Å². The lowest BCUT2D eigenvalue weighted by atomic mass is 10.4. The summed E-state index contributed by atoms with van der Waals surface area (Å²) in [7, 11) is -0.527. The summed E-state index contributed by atoms with van der Waals surface area (Å²) in [6, 6.07) is 1.85. The minimum atomic E-state index is -3.47. The molecule has 1 aromatic heterocycles. The Kier molecular flexibility index (Phi) is 3.29. The third kappa shape index (κ3) is 2.70. The van der Waals surface area contributed by atoms with E-state index in [-0.39, 0.29) is 4.90 Å². The number of pyridine rings is 1. The monoisotopic (exact) mass is 275 g/mol. The molecule has 0 saturated heterocycles. The molecular weight excluding hydrogens is 262 g/mol. The lowest BCUT2D eigenvalue weighted by Crippen LogP contribution is -2.22. The van der Waals surface area contributed by atoms with Crippen molar-refractivity contribution in [1.29, 1.82) is 0 Å². The summed E-state index contributed by atoms with van der Waals surface area (Å²) in [4.78, 5) is 4.16. The molecule has 1 aliphatic carbocycles. The standard InChI is InChI=1S/C10H14ClN3O2S/c1-14(2)17(15,16)8-5-9(11)10(12-6-8)13-7-3-4-7/h5-7H,3-4H2,1-2H3,(H,12,13). The Balaban J connectivity index is 2.29. The van der Waals surface area contributed by atoms with Crippen LogP contribution < -0.4 is 5.32 Å². The zero-order chi connectivity index (χ0) is 12.6. The zero-order valence-electron chi connectivity index (χ0n) is 9.64. The van der Waals surface area contributed by atoms with Crippen LogP contribution in [-0.2, 0) is 10.0 Å². The molecule has 1 aromatic rings. The van der Waals surface area contributed by atoms with Gasteiger partial charge in [-0.3, -0.25) is 0 Å². The van der Waals surface area contributed by atoms with Crippen LogP contribution in [-0.4, -0.2) is 37.8 Å². The fourth-order valence-corrected chi connectivity index (χ4v) is 2.46. The van der Waals surface area contributed by atoms with E-state index in [9.17, 15) is 8.42 Å². The van der Waals surface area contributed by atoms with Gasteiger partial charge in [0.15, 0.2) is 0 Å². The molecule has 1 aliphatic rings. The quantitative estimate of drug-likeness (QED) is 0.906. The molecule has 0 unspecified atom stereocenters. The maximum Gasteiger partial charge on any atom is 0.244 e. The van der Waals surface area contributed by atoms with Gasteiger partial charge in [0, 0.05) is 26.3 Å². The van der Waals surface area contributed by atoms with Crippen LogP contribution >= 0.6 is 11.6 Å². The van der Waals surface area contributed by atoms with E-state index in [1.54, 1.807) is 0 Å². The summed E-state index contributed by atoms with van der Waals surface area (Å²) < 4.78 is 24.8. The molecule has 0 atom stereocenters. The van der Waals surface area contributed by atoms with Crippen molar-refractivity contribution < 1.29 is 8.42 Å². The number of sulfonamides is 1. The van der Waals surface area contributed by atoms with Crippen molar-refractivity contribution in [3.63, 3.8) is 0 Å². The maximum absolute atomic E-state index is 11.8. The second kappa shape index (κ2) is 4.44. The fraction of sp³-hybridized carbons (Fsp3) is 0.500. The molecule has 94 valence electrons. The van der Waals surface area contributed by atoms with Gasteiger partial charge in [-0.05, 0) is 18.9 Å². The summed E-state index contributed by atoms with van der Waals surface area (Å²) in [6.45, 7) is 0. The number of nitrogens with one attached hydrogen (secondary N) is 1. The highest BCUT2D eigenvalue weighted by Crippen LogP contribution is 2.29. The molecule has 1 heterocycles. The smallest absolute Gasteiger partial charge is 0.244 e. The van der Waals surface area contributed by atoms with Crippen molar-refractivity contribution in [1.82, 2.24) is 9.29 Å². The van der Waals surface area contributed by atoms with E-state index in [4.69, 9.17) is 11.6 Å². The predicted octanol–water partition coefficient (Wildman–Crippen LogP) is 1.56. The van der Waals surface area contributed by atoms with Crippen molar-refractivity contribution in [3.05, 3.63) is 17.3 Å². The molecule has 1 saturated carbocycles. The molecule has 0 amide bonds. The number of anilines is 1. The van der Waals surface area contributed by atoms with Gasteiger partial charge in [-0.2, -0.15) is 0 Å². The summed E-state index contributed by atoms with van der Waals surface area (Å²) >= 11 is 6.00. The molecule has 17 heavy (non-hydrogen) atoms. The Morgan fingerprint density at radius 1 is 1.47 bits per heavy atom. The molecule has 2 rings (SSSR count). The Hall–Kier alpha value is -0.850. The van der Waals surface area contributed by atoms with Crippen LogP contribution in [0.25, 0.3) is 0 Å². The van der Waals surface area contributed by atoms with Gasteiger partial charge in [0.25, 0.3) is 0 Å². The average Bonchev–Trinajstić information content (AvgIpc) is 3.04.